The van der Waals surface area contributed by atoms with Crippen LogP contribution in [-0.4, -0.2) is 30.8 Å². The van der Waals surface area contributed by atoms with Crippen LogP contribution in [0, 0.1) is 11.6 Å². The first-order valence-corrected chi connectivity index (χ1v) is 8.01. The van der Waals surface area contributed by atoms with Crippen molar-refractivity contribution in [1.82, 2.24) is 0 Å². The van der Waals surface area contributed by atoms with E-state index in [-0.39, 0.29) is 11.5 Å². The number of nitrogens with zero attached hydrogens (tertiary/aromatic N) is 1. The van der Waals surface area contributed by atoms with E-state index < -0.39 is 30.0 Å². The number of carbonyl (C=O) groups excluding carboxylic acids is 3. The highest BCUT2D eigenvalue weighted by Crippen LogP contribution is 2.21. The Labute approximate surface area is 148 Å². The van der Waals surface area contributed by atoms with Crippen LogP contribution in [0.15, 0.2) is 42.5 Å². The van der Waals surface area contributed by atoms with Gasteiger partial charge in [0.05, 0.1) is 5.56 Å². The maximum atomic E-state index is 13.1. The predicted molar refractivity (Wildman–Crippen MR) is 89.0 cm³/mol. The third-order valence-corrected chi connectivity index (χ3v) is 4.01. The second-order valence-electron chi connectivity index (χ2n) is 5.85. The molecule has 0 aliphatic carbocycles. The number of hydrogen-bond donors (Lipinski definition) is 0. The lowest BCUT2D eigenvalue weighted by Gasteiger charge is -2.15. The molecule has 0 radical (unpaired) electrons. The highest BCUT2D eigenvalue weighted by Gasteiger charge is 2.22. The smallest absolute Gasteiger partial charge is 0.338 e. The Kier molecular flexibility index (Phi) is 5.06. The molecule has 2 aromatic carbocycles. The van der Waals surface area contributed by atoms with Gasteiger partial charge in [0.1, 0.15) is 11.6 Å². The van der Waals surface area contributed by atoms with E-state index in [1.165, 1.54) is 0 Å². The van der Waals surface area contributed by atoms with Gasteiger partial charge in [0.15, 0.2) is 12.4 Å². The first-order chi connectivity index (χ1) is 12.4. The van der Waals surface area contributed by atoms with Gasteiger partial charge >= 0.3 is 5.97 Å². The number of carbonyl (C=O) groups is 3. The SMILES string of the molecule is O=C(COC(=O)c1cc(F)cc(F)c1)c1ccc(N2CCCC2=O)cc1. The molecule has 0 spiro atoms. The van der Waals surface area contributed by atoms with Crippen LogP contribution in [0.5, 0.6) is 0 Å². The molecule has 1 heterocycles. The van der Waals surface area contributed by atoms with Crippen LogP contribution >= 0.6 is 0 Å². The van der Waals surface area contributed by atoms with Crippen molar-refractivity contribution in [3.63, 3.8) is 0 Å². The van der Waals surface area contributed by atoms with Crippen molar-refractivity contribution in [3.8, 4) is 0 Å². The van der Waals surface area contributed by atoms with Crippen molar-refractivity contribution in [2.75, 3.05) is 18.1 Å². The number of esters is 1. The van der Waals surface area contributed by atoms with E-state index in [0.717, 1.165) is 18.6 Å². The second-order valence-corrected chi connectivity index (χ2v) is 5.85. The van der Waals surface area contributed by atoms with Gasteiger partial charge in [-0.15, -0.1) is 0 Å². The fourth-order valence-electron chi connectivity index (χ4n) is 2.72. The monoisotopic (exact) mass is 359 g/mol. The lowest BCUT2D eigenvalue weighted by molar-refractivity contribution is -0.117. The zero-order valence-corrected chi connectivity index (χ0v) is 13.7. The van der Waals surface area contributed by atoms with Gasteiger partial charge in [-0.05, 0) is 42.8 Å². The summed E-state index contributed by atoms with van der Waals surface area (Å²) < 4.78 is 31.0. The summed E-state index contributed by atoms with van der Waals surface area (Å²) in [5.74, 6) is -3.23. The van der Waals surface area contributed by atoms with E-state index in [1.54, 1.807) is 29.2 Å². The van der Waals surface area contributed by atoms with Crippen molar-refractivity contribution in [2.45, 2.75) is 12.8 Å². The zero-order chi connectivity index (χ0) is 18.7. The molecule has 0 atom stereocenters. The summed E-state index contributed by atoms with van der Waals surface area (Å²) in [6.07, 6.45) is 1.31. The molecule has 2 aromatic rings. The molecular formula is C19H15F2NO4. The minimum Gasteiger partial charge on any atom is -0.454 e. The minimum atomic E-state index is -0.990. The van der Waals surface area contributed by atoms with Crippen LogP contribution < -0.4 is 4.90 Å². The molecule has 0 unspecified atom stereocenters. The van der Waals surface area contributed by atoms with Gasteiger partial charge in [-0.25, -0.2) is 13.6 Å². The van der Waals surface area contributed by atoms with Gasteiger partial charge in [0, 0.05) is 30.3 Å². The molecule has 1 saturated heterocycles. The number of Topliss-reactive ketones (excluding diaryl/α,β-unsaturated/α-hetero) is 1. The number of halogens is 2. The molecule has 0 bridgehead atoms. The Morgan fingerprint density at radius 3 is 2.23 bits per heavy atom. The highest BCUT2D eigenvalue weighted by atomic mass is 19.1. The average Bonchev–Trinajstić information content (AvgIpc) is 3.04. The van der Waals surface area contributed by atoms with Gasteiger partial charge in [-0.2, -0.15) is 0 Å². The Bertz CT molecular complexity index is 844. The van der Waals surface area contributed by atoms with Crippen molar-refractivity contribution in [3.05, 3.63) is 65.2 Å². The van der Waals surface area contributed by atoms with Gasteiger partial charge in [-0.3, -0.25) is 9.59 Å². The number of rotatable bonds is 5. The number of ketones is 1. The fourth-order valence-corrected chi connectivity index (χ4v) is 2.72. The van der Waals surface area contributed by atoms with E-state index in [2.05, 4.69) is 0 Å². The molecule has 7 heteroatoms. The summed E-state index contributed by atoms with van der Waals surface area (Å²) in [5.41, 5.74) is 0.702. The van der Waals surface area contributed by atoms with E-state index in [0.29, 0.717) is 30.3 Å². The summed E-state index contributed by atoms with van der Waals surface area (Å²) in [6, 6.07) is 8.68. The van der Waals surface area contributed by atoms with Gasteiger partial charge in [0.25, 0.3) is 0 Å². The number of anilines is 1. The van der Waals surface area contributed by atoms with Crippen LogP contribution in [0.3, 0.4) is 0 Å². The molecule has 0 N–H and O–H groups in total. The molecule has 1 aliphatic rings. The molecule has 5 nitrogen and oxygen atoms in total. The topological polar surface area (TPSA) is 63.7 Å². The lowest BCUT2D eigenvalue weighted by Crippen LogP contribution is -2.23. The number of amides is 1. The fraction of sp³-hybridized carbons (Fsp3) is 0.211. The summed E-state index contributed by atoms with van der Waals surface area (Å²) in [5, 5.41) is 0. The normalized spacial score (nSPS) is 13.8. The maximum absolute atomic E-state index is 13.1. The zero-order valence-electron chi connectivity index (χ0n) is 13.7. The first-order valence-electron chi connectivity index (χ1n) is 8.01. The van der Waals surface area contributed by atoms with E-state index in [4.69, 9.17) is 4.74 Å². The quantitative estimate of drug-likeness (QED) is 0.608. The molecule has 1 amide bonds. The van der Waals surface area contributed by atoms with Gasteiger partial charge < -0.3 is 9.64 Å². The molecule has 0 aromatic heterocycles. The standard InChI is InChI=1S/C19H15F2NO4/c20-14-8-13(9-15(21)10-14)19(25)26-11-17(23)12-3-5-16(6-4-12)22-7-1-2-18(22)24/h3-6,8-10H,1-2,7,11H2. The Hall–Kier alpha value is -3.09. The molecule has 26 heavy (non-hydrogen) atoms. The maximum Gasteiger partial charge on any atom is 0.338 e. The van der Waals surface area contributed by atoms with E-state index in [9.17, 15) is 23.2 Å². The van der Waals surface area contributed by atoms with Crippen molar-refractivity contribution < 1.29 is 27.9 Å². The largest absolute Gasteiger partial charge is 0.454 e. The van der Waals surface area contributed by atoms with E-state index >= 15 is 0 Å². The van der Waals surface area contributed by atoms with Gasteiger partial charge in [0.2, 0.25) is 5.91 Å². The molecule has 134 valence electrons. The molecule has 0 saturated carbocycles. The van der Waals surface area contributed by atoms with Crippen LogP contribution in [0.1, 0.15) is 33.6 Å². The Morgan fingerprint density at radius 2 is 1.65 bits per heavy atom. The molecular weight excluding hydrogens is 344 g/mol. The molecule has 1 aliphatic heterocycles. The van der Waals surface area contributed by atoms with Crippen LogP contribution in [-0.2, 0) is 9.53 Å². The lowest BCUT2D eigenvalue weighted by atomic mass is 10.1. The van der Waals surface area contributed by atoms with Crippen LogP contribution in [0.2, 0.25) is 0 Å². The summed E-state index contributed by atoms with van der Waals surface area (Å²) >= 11 is 0. The van der Waals surface area contributed by atoms with Gasteiger partial charge in [-0.1, -0.05) is 0 Å². The minimum absolute atomic E-state index is 0.0420. The van der Waals surface area contributed by atoms with Crippen molar-refractivity contribution >= 4 is 23.3 Å². The summed E-state index contributed by atoms with van der Waals surface area (Å²) in [6.45, 7) is 0.0902. The second kappa shape index (κ2) is 7.43. The summed E-state index contributed by atoms with van der Waals surface area (Å²) in [4.78, 5) is 37.2. The van der Waals surface area contributed by atoms with E-state index in [1.807, 2.05) is 0 Å². The average molecular weight is 359 g/mol. The third-order valence-electron chi connectivity index (χ3n) is 4.01. The van der Waals surface area contributed by atoms with Crippen LogP contribution in [0.25, 0.3) is 0 Å². The van der Waals surface area contributed by atoms with Crippen LogP contribution in [0.4, 0.5) is 14.5 Å². The first kappa shape index (κ1) is 17.7. The summed E-state index contributed by atoms with van der Waals surface area (Å²) in [7, 11) is 0. The number of hydrogen-bond acceptors (Lipinski definition) is 4. The van der Waals surface area contributed by atoms with Crippen molar-refractivity contribution in [2.24, 2.45) is 0 Å². The predicted octanol–water partition coefficient (Wildman–Crippen LogP) is 3.13. The number of ether oxygens (including phenoxy) is 1. The molecule has 3 rings (SSSR count). The Morgan fingerprint density at radius 1 is 1.00 bits per heavy atom. The van der Waals surface area contributed by atoms with Crippen molar-refractivity contribution in [1.29, 1.82) is 0 Å². The Balaban J connectivity index is 1.61. The highest BCUT2D eigenvalue weighted by molar-refractivity contribution is 6.00. The number of benzene rings is 2. The third kappa shape index (κ3) is 3.93. The molecule has 1 fully saturated rings.